The van der Waals surface area contributed by atoms with Crippen LogP contribution in [0.4, 0.5) is 0 Å². The number of thiazole rings is 1. The highest BCUT2D eigenvalue weighted by Gasteiger charge is 2.27. The van der Waals surface area contributed by atoms with Crippen LogP contribution in [0.2, 0.25) is 0 Å². The van der Waals surface area contributed by atoms with Crippen molar-refractivity contribution >= 4 is 23.7 Å². The van der Waals surface area contributed by atoms with E-state index in [1.54, 1.807) is 0 Å². The second-order valence-electron chi connectivity index (χ2n) is 5.98. The van der Waals surface area contributed by atoms with Crippen molar-refractivity contribution < 1.29 is 0 Å². The zero-order valence-corrected chi connectivity index (χ0v) is 13.2. The van der Waals surface area contributed by atoms with E-state index in [2.05, 4.69) is 23.0 Å². The Balaban J connectivity index is 0.00000133. The van der Waals surface area contributed by atoms with Gasteiger partial charge in [0.1, 0.15) is 0 Å². The van der Waals surface area contributed by atoms with E-state index in [1.165, 1.54) is 35.6 Å². The third kappa shape index (κ3) is 3.48. The summed E-state index contributed by atoms with van der Waals surface area (Å²) in [5.74, 6) is 1.38. The minimum absolute atomic E-state index is 0. The van der Waals surface area contributed by atoms with Crippen LogP contribution in [-0.4, -0.2) is 29.0 Å². The van der Waals surface area contributed by atoms with Gasteiger partial charge in [-0.2, -0.15) is 0 Å². The zero-order chi connectivity index (χ0) is 12.5. The average Bonchev–Trinajstić information content (AvgIpc) is 3.02. The molecule has 1 aromatic heterocycles. The Kier molecular flexibility index (Phi) is 5.23. The fourth-order valence-electron chi connectivity index (χ4n) is 3.20. The molecule has 3 nitrogen and oxygen atoms in total. The van der Waals surface area contributed by atoms with Gasteiger partial charge < -0.3 is 5.73 Å². The highest BCUT2D eigenvalue weighted by Crippen LogP contribution is 2.36. The summed E-state index contributed by atoms with van der Waals surface area (Å²) in [5, 5.41) is 1.37. The van der Waals surface area contributed by atoms with Gasteiger partial charge in [0.15, 0.2) is 0 Å². The van der Waals surface area contributed by atoms with Gasteiger partial charge in [0, 0.05) is 42.7 Å². The van der Waals surface area contributed by atoms with Crippen molar-refractivity contribution in [3.63, 3.8) is 0 Å². The standard InChI is InChI=1S/C14H23N3S.ClH/c1-10-7-17(9-13(10)15)8-12-6-16-14(18-12)11-4-2-3-5-11;/h6,10-11,13H,2-5,7-9,15H2,1H3;1H. The van der Waals surface area contributed by atoms with Gasteiger partial charge in [-0.05, 0) is 18.8 Å². The Hall–Kier alpha value is -0.160. The van der Waals surface area contributed by atoms with Gasteiger partial charge in [0.05, 0.1) is 5.01 Å². The maximum absolute atomic E-state index is 6.07. The number of rotatable bonds is 3. The molecule has 5 heteroatoms. The molecule has 2 heterocycles. The molecule has 2 fully saturated rings. The SMILES string of the molecule is CC1CN(Cc2cnc(C3CCCC3)s2)CC1N.Cl. The zero-order valence-electron chi connectivity index (χ0n) is 11.5. The van der Waals surface area contributed by atoms with Crippen LogP contribution in [-0.2, 0) is 6.54 Å². The van der Waals surface area contributed by atoms with Gasteiger partial charge in [-0.3, -0.25) is 4.90 Å². The smallest absolute Gasteiger partial charge is 0.0959 e. The lowest BCUT2D eigenvalue weighted by atomic mass is 10.1. The molecule has 1 saturated heterocycles. The Bertz CT molecular complexity index is 393. The maximum atomic E-state index is 6.07. The first-order valence-corrected chi connectivity index (χ1v) is 7.96. The van der Waals surface area contributed by atoms with Gasteiger partial charge in [-0.25, -0.2) is 4.98 Å². The molecule has 0 spiro atoms. The molecule has 2 unspecified atom stereocenters. The van der Waals surface area contributed by atoms with Crippen LogP contribution in [0.3, 0.4) is 0 Å². The molecule has 3 rings (SSSR count). The van der Waals surface area contributed by atoms with Crippen molar-refractivity contribution in [1.82, 2.24) is 9.88 Å². The van der Waals surface area contributed by atoms with Gasteiger partial charge >= 0.3 is 0 Å². The van der Waals surface area contributed by atoms with E-state index in [0.29, 0.717) is 12.0 Å². The Morgan fingerprint density at radius 2 is 2.11 bits per heavy atom. The predicted octanol–water partition coefficient (Wildman–Crippen LogP) is 3.00. The number of nitrogens with zero attached hydrogens (tertiary/aromatic N) is 2. The van der Waals surface area contributed by atoms with Crippen LogP contribution in [0.25, 0.3) is 0 Å². The first-order valence-electron chi connectivity index (χ1n) is 7.15. The quantitative estimate of drug-likeness (QED) is 0.933. The molecule has 1 aliphatic carbocycles. The summed E-state index contributed by atoms with van der Waals surface area (Å²) in [4.78, 5) is 8.53. The minimum atomic E-state index is 0. The molecular weight excluding hydrogens is 278 g/mol. The highest BCUT2D eigenvalue weighted by atomic mass is 35.5. The van der Waals surface area contributed by atoms with E-state index in [0.717, 1.165) is 25.6 Å². The second-order valence-corrected chi connectivity index (χ2v) is 7.13. The van der Waals surface area contributed by atoms with Crippen molar-refractivity contribution in [1.29, 1.82) is 0 Å². The van der Waals surface area contributed by atoms with Crippen LogP contribution in [0.15, 0.2) is 6.20 Å². The summed E-state index contributed by atoms with van der Waals surface area (Å²) < 4.78 is 0. The third-order valence-corrected chi connectivity index (χ3v) is 5.55. The molecule has 0 radical (unpaired) electrons. The number of aromatic nitrogens is 1. The van der Waals surface area contributed by atoms with Gasteiger partial charge in [0.2, 0.25) is 0 Å². The number of hydrogen-bond donors (Lipinski definition) is 1. The highest BCUT2D eigenvalue weighted by molar-refractivity contribution is 7.11. The molecule has 2 N–H and O–H groups in total. The summed E-state index contributed by atoms with van der Waals surface area (Å²) in [6, 6.07) is 0.354. The maximum Gasteiger partial charge on any atom is 0.0959 e. The lowest BCUT2D eigenvalue weighted by molar-refractivity contribution is 0.321. The molecule has 1 saturated carbocycles. The van der Waals surface area contributed by atoms with E-state index in [4.69, 9.17) is 5.73 Å². The topological polar surface area (TPSA) is 42.2 Å². The lowest BCUT2D eigenvalue weighted by Gasteiger charge is -2.13. The normalized spacial score (nSPS) is 28.7. The first kappa shape index (κ1) is 15.2. The van der Waals surface area contributed by atoms with Crippen molar-refractivity contribution in [3.8, 4) is 0 Å². The molecule has 0 bridgehead atoms. The third-order valence-electron chi connectivity index (χ3n) is 4.40. The molecule has 1 aliphatic heterocycles. The number of hydrogen-bond acceptors (Lipinski definition) is 4. The van der Waals surface area contributed by atoms with Crippen molar-refractivity contribution in [2.24, 2.45) is 11.7 Å². The Morgan fingerprint density at radius 1 is 1.37 bits per heavy atom. The monoisotopic (exact) mass is 301 g/mol. The predicted molar refractivity (Wildman–Crippen MR) is 83.0 cm³/mol. The summed E-state index contributed by atoms with van der Waals surface area (Å²) in [6.45, 7) is 5.47. The molecular formula is C14H24ClN3S. The van der Waals surface area contributed by atoms with E-state index in [1.807, 2.05) is 11.3 Å². The molecule has 2 atom stereocenters. The van der Waals surface area contributed by atoms with Gasteiger partial charge in [-0.1, -0.05) is 19.8 Å². The minimum Gasteiger partial charge on any atom is -0.326 e. The van der Waals surface area contributed by atoms with E-state index < -0.39 is 0 Å². The molecule has 0 aromatic carbocycles. The van der Waals surface area contributed by atoms with Crippen LogP contribution >= 0.6 is 23.7 Å². The fourth-order valence-corrected chi connectivity index (χ4v) is 4.33. The van der Waals surface area contributed by atoms with Crippen LogP contribution in [0.5, 0.6) is 0 Å². The van der Waals surface area contributed by atoms with Crippen molar-refractivity contribution in [2.75, 3.05) is 13.1 Å². The summed E-state index contributed by atoms with van der Waals surface area (Å²) in [5.41, 5.74) is 6.07. The Morgan fingerprint density at radius 3 is 2.74 bits per heavy atom. The van der Waals surface area contributed by atoms with Gasteiger partial charge in [-0.15, -0.1) is 23.7 Å². The van der Waals surface area contributed by atoms with E-state index in [9.17, 15) is 0 Å². The first-order chi connectivity index (χ1) is 8.72. The largest absolute Gasteiger partial charge is 0.326 e. The summed E-state index contributed by atoms with van der Waals surface area (Å²) >= 11 is 1.93. The van der Waals surface area contributed by atoms with E-state index >= 15 is 0 Å². The Labute approximate surface area is 126 Å². The molecule has 1 aromatic rings. The fraction of sp³-hybridized carbons (Fsp3) is 0.786. The summed E-state index contributed by atoms with van der Waals surface area (Å²) in [6.07, 6.45) is 7.56. The lowest BCUT2D eigenvalue weighted by Crippen LogP contribution is -2.28. The summed E-state index contributed by atoms with van der Waals surface area (Å²) in [7, 11) is 0. The molecule has 19 heavy (non-hydrogen) atoms. The van der Waals surface area contributed by atoms with Gasteiger partial charge in [0.25, 0.3) is 0 Å². The number of nitrogens with two attached hydrogens (primary N) is 1. The van der Waals surface area contributed by atoms with Crippen LogP contribution < -0.4 is 5.73 Å². The van der Waals surface area contributed by atoms with Crippen molar-refractivity contribution in [3.05, 3.63) is 16.1 Å². The molecule has 0 amide bonds. The number of halogens is 1. The van der Waals surface area contributed by atoms with Crippen molar-refractivity contribution in [2.45, 2.75) is 51.1 Å². The van der Waals surface area contributed by atoms with Crippen LogP contribution in [0, 0.1) is 5.92 Å². The number of likely N-dealkylation sites (tertiary alicyclic amines) is 1. The van der Waals surface area contributed by atoms with E-state index in [-0.39, 0.29) is 12.4 Å². The second kappa shape index (κ2) is 6.53. The average molecular weight is 302 g/mol. The van der Waals surface area contributed by atoms with Crippen LogP contribution in [0.1, 0.15) is 48.4 Å². The molecule has 2 aliphatic rings. The molecule has 108 valence electrons.